The molecule has 0 heterocycles. The van der Waals surface area contributed by atoms with Crippen molar-refractivity contribution in [1.82, 2.24) is 0 Å². The van der Waals surface area contributed by atoms with E-state index in [0.717, 1.165) is 24.1 Å². The van der Waals surface area contributed by atoms with Gasteiger partial charge < -0.3 is 14.8 Å². The van der Waals surface area contributed by atoms with E-state index in [1.807, 2.05) is 39.0 Å². The normalized spacial score (nSPS) is 20.7. The number of methoxy groups -OCH3 is 1. The zero-order valence-corrected chi connectivity index (χ0v) is 16.1. The highest BCUT2D eigenvalue weighted by atomic mass is 16.6. The highest BCUT2D eigenvalue weighted by Gasteiger charge is 2.19. The van der Waals surface area contributed by atoms with Crippen LogP contribution in [0.3, 0.4) is 0 Å². The van der Waals surface area contributed by atoms with Gasteiger partial charge in [0.05, 0.1) is 12.8 Å². The van der Waals surface area contributed by atoms with Gasteiger partial charge >= 0.3 is 6.09 Å². The molecule has 0 spiro atoms. The molecule has 0 unspecified atom stereocenters. The molecule has 0 radical (unpaired) electrons. The quantitative estimate of drug-likeness (QED) is 0.760. The predicted molar refractivity (Wildman–Crippen MR) is 102 cm³/mol. The summed E-state index contributed by atoms with van der Waals surface area (Å²) in [4.78, 5) is 12.0. The van der Waals surface area contributed by atoms with Crippen LogP contribution in [0.2, 0.25) is 0 Å². The summed E-state index contributed by atoms with van der Waals surface area (Å²) < 4.78 is 10.7. The molecule has 25 heavy (non-hydrogen) atoms. The second-order valence-corrected chi connectivity index (χ2v) is 8.05. The van der Waals surface area contributed by atoms with Crippen LogP contribution in [0, 0.1) is 11.8 Å². The number of hydrogen-bond donors (Lipinski definition) is 2. The largest absolute Gasteiger partial charge is 0.495 e. The Morgan fingerprint density at radius 2 is 1.88 bits per heavy atom. The average Bonchev–Trinajstić information content (AvgIpc) is 2.52. The van der Waals surface area contributed by atoms with Crippen molar-refractivity contribution in [2.75, 3.05) is 24.3 Å². The SMILES string of the molecule is COc1ccc(NCC2CCC(C)CC2)cc1NC(=O)OC(C)(C)C. The molecule has 1 fully saturated rings. The standard InChI is InChI=1S/C20H32N2O3/c1-14-6-8-15(9-7-14)13-21-16-10-11-18(24-5)17(12-16)22-19(23)25-20(2,3)4/h10-12,14-15,21H,6-9,13H2,1-5H3,(H,22,23). The molecule has 1 aromatic rings. The van der Waals surface area contributed by atoms with E-state index in [-0.39, 0.29) is 0 Å². The van der Waals surface area contributed by atoms with E-state index in [0.29, 0.717) is 11.4 Å². The van der Waals surface area contributed by atoms with E-state index in [2.05, 4.69) is 17.6 Å². The highest BCUT2D eigenvalue weighted by molar-refractivity contribution is 5.88. The Labute approximate surface area is 151 Å². The number of nitrogens with one attached hydrogen (secondary N) is 2. The molecule has 1 aliphatic rings. The third-order valence-corrected chi connectivity index (χ3v) is 4.57. The van der Waals surface area contributed by atoms with E-state index in [1.165, 1.54) is 25.7 Å². The fourth-order valence-corrected chi connectivity index (χ4v) is 3.12. The highest BCUT2D eigenvalue weighted by Crippen LogP contribution is 2.31. The molecular formula is C20H32N2O3. The Kier molecular flexibility index (Phi) is 6.57. The van der Waals surface area contributed by atoms with Gasteiger partial charge in [-0.25, -0.2) is 4.79 Å². The number of carbonyl (C=O) groups is 1. The Hall–Kier alpha value is -1.91. The van der Waals surface area contributed by atoms with Crippen LogP contribution >= 0.6 is 0 Å². The molecule has 1 amide bonds. The monoisotopic (exact) mass is 348 g/mol. The van der Waals surface area contributed by atoms with Gasteiger partial charge in [-0.15, -0.1) is 0 Å². The van der Waals surface area contributed by atoms with Crippen LogP contribution < -0.4 is 15.4 Å². The zero-order valence-electron chi connectivity index (χ0n) is 16.1. The van der Waals surface area contributed by atoms with E-state index in [4.69, 9.17) is 9.47 Å². The molecule has 5 heteroatoms. The van der Waals surface area contributed by atoms with E-state index in [9.17, 15) is 4.79 Å². The molecular weight excluding hydrogens is 316 g/mol. The summed E-state index contributed by atoms with van der Waals surface area (Å²) >= 11 is 0. The number of amides is 1. The summed E-state index contributed by atoms with van der Waals surface area (Å²) in [6, 6.07) is 5.73. The summed E-state index contributed by atoms with van der Waals surface area (Å²) in [5.74, 6) is 2.20. The van der Waals surface area contributed by atoms with Crippen molar-refractivity contribution < 1.29 is 14.3 Å². The summed E-state index contributed by atoms with van der Waals surface area (Å²) in [6.45, 7) is 8.82. The van der Waals surface area contributed by atoms with Crippen LogP contribution in [0.1, 0.15) is 53.4 Å². The molecule has 1 saturated carbocycles. The molecule has 0 saturated heterocycles. The average molecular weight is 348 g/mol. The molecule has 0 aliphatic heterocycles. The van der Waals surface area contributed by atoms with Crippen molar-refractivity contribution in [3.05, 3.63) is 18.2 Å². The number of anilines is 2. The smallest absolute Gasteiger partial charge is 0.412 e. The van der Waals surface area contributed by atoms with Gasteiger partial charge in [-0.2, -0.15) is 0 Å². The van der Waals surface area contributed by atoms with Crippen molar-refractivity contribution in [2.45, 2.75) is 59.0 Å². The lowest BCUT2D eigenvalue weighted by atomic mass is 9.83. The number of benzene rings is 1. The van der Waals surface area contributed by atoms with E-state index in [1.54, 1.807) is 7.11 Å². The zero-order chi connectivity index (χ0) is 18.4. The van der Waals surface area contributed by atoms with Crippen molar-refractivity contribution >= 4 is 17.5 Å². The maximum Gasteiger partial charge on any atom is 0.412 e. The Morgan fingerprint density at radius 3 is 2.48 bits per heavy atom. The second-order valence-electron chi connectivity index (χ2n) is 8.05. The van der Waals surface area contributed by atoms with Gasteiger partial charge in [-0.1, -0.05) is 19.8 Å². The molecule has 0 atom stereocenters. The summed E-state index contributed by atoms with van der Waals surface area (Å²) in [7, 11) is 1.59. The van der Waals surface area contributed by atoms with Gasteiger partial charge in [0.25, 0.3) is 0 Å². The third kappa shape index (κ3) is 6.48. The first-order valence-electron chi connectivity index (χ1n) is 9.18. The Bertz CT molecular complexity index is 573. The van der Waals surface area contributed by atoms with Crippen LogP contribution in [0.5, 0.6) is 5.75 Å². The van der Waals surface area contributed by atoms with Crippen molar-refractivity contribution in [3.63, 3.8) is 0 Å². The van der Waals surface area contributed by atoms with Gasteiger partial charge in [0.1, 0.15) is 11.4 Å². The third-order valence-electron chi connectivity index (χ3n) is 4.57. The second kappa shape index (κ2) is 8.45. The van der Waals surface area contributed by atoms with Gasteiger partial charge in [0, 0.05) is 12.2 Å². The number of ether oxygens (including phenoxy) is 2. The minimum Gasteiger partial charge on any atom is -0.495 e. The molecule has 1 aromatic carbocycles. The summed E-state index contributed by atoms with van der Waals surface area (Å²) in [6.07, 6.45) is 4.73. The Morgan fingerprint density at radius 1 is 1.20 bits per heavy atom. The number of hydrogen-bond acceptors (Lipinski definition) is 4. The lowest BCUT2D eigenvalue weighted by Crippen LogP contribution is -2.27. The summed E-state index contributed by atoms with van der Waals surface area (Å²) in [5.41, 5.74) is 1.05. The predicted octanol–water partition coefficient (Wildman–Crippen LogP) is 5.28. The van der Waals surface area contributed by atoms with Gasteiger partial charge in [-0.05, 0) is 63.6 Å². The Balaban J connectivity index is 1.97. The molecule has 2 N–H and O–H groups in total. The fourth-order valence-electron chi connectivity index (χ4n) is 3.12. The number of carbonyl (C=O) groups excluding carboxylic acids is 1. The van der Waals surface area contributed by atoms with Gasteiger partial charge in [0.2, 0.25) is 0 Å². The van der Waals surface area contributed by atoms with Crippen LogP contribution in [0.15, 0.2) is 18.2 Å². The van der Waals surface area contributed by atoms with Crippen molar-refractivity contribution in [1.29, 1.82) is 0 Å². The van der Waals surface area contributed by atoms with Gasteiger partial charge in [-0.3, -0.25) is 5.32 Å². The molecule has 5 nitrogen and oxygen atoms in total. The van der Waals surface area contributed by atoms with E-state index < -0.39 is 11.7 Å². The first-order chi connectivity index (χ1) is 11.8. The summed E-state index contributed by atoms with van der Waals surface area (Å²) in [5, 5.41) is 6.27. The molecule has 140 valence electrons. The van der Waals surface area contributed by atoms with Crippen LogP contribution in [0.4, 0.5) is 16.2 Å². The van der Waals surface area contributed by atoms with Crippen LogP contribution in [-0.4, -0.2) is 25.3 Å². The molecule has 1 aliphatic carbocycles. The maximum absolute atomic E-state index is 12.0. The maximum atomic E-state index is 12.0. The molecule has 0 aromatic heterocycles. The minimum absolute atomic E-state index is 0.482. The molecule has 0 bridgehead atoms. The minimum atomic E-state index is -0.536. The first-order valence-corrected chi connectivity index (χ1v) is 9.18. The lowest BCUT2D eigenvalue weighted by molar-refractivity contribution is 0.0635. The van der Waals surface area contributed by atoms with Crippen LogP contribution in [0.25, 0.3) is 0 Å². The molecule has 2 rings (SSSR count). The fraction of sp³-hybridized carbons (Fsp3) is 0.650. The lowest BCUT2D eigenvalue weighted by Gasteiger charge is -2.26. The van der Waals surface area contributed by atoms with Gasteiger partial charge in [0.15, 0.2) is 0 Å². The van der Waals surface area contributed by atoms with E-state index >= 15 is 0 Å². The van der Waals surface area contributed by atoms with Crippen molar-refractivity contribution in [2.24, 2.45) is 11.8 Å². The number of rotatable bonds is 5. The first kappa shape index (κ1) is 19.4. The van der Waals surface area contributed by atoms with Crippen molar-refractivity contribution in [3.8, 4) is 5.75 Å². The topological polar surface area (TPSA) is 59.6 Å². The van der Waals surface area contributed by atoms with Crippen LogP contribution in [-0.2, 0) is 4.74 Å².